The van der Waals surface area contributed by atoms with Crippen LogP contribution in [0.15, 0.2) is 76.5 Å². The van der Waals surface area contributed by atoms with Crippen molar-refractivity contribution < 1.29 is 30.3 Å². The summed E-state index contributed by atoms with van der Waals surface area (Å²) in [6.07, 6.45) is 2.01. The largest absolute Gasteiger partial charge is 0.507 e. The summed E-state index contributed by atoms with van der Waals surface area (Å²) in [5, 5.41) is 47.7. The molecule has 9 nitrogen and oxygen atoms in total. The molecule has 198 valence electrons. The number of ketones is 1. The van der Waals surface area contributed by atoms with E-state index < -0.39 is 0 Å². The standard InChI is InChI=1S/C28H35N3O6/c1-20-27(36)22(18-21-2-6-24(7-3-21)30(10-14-32)11-15-33)19-26(28(20)37)29-23-4-8-25(9-5-23)31(12-16-34)13-17-35/h2-9,19,32-36H,10-18H2,1H3. The Morgan fingerprint density at radius 1 is 0.730 bits per heavy atom. The molecule has 5 N–H and O–H groups in total. The van der Waals surface area contributed by atoms with Crippen LogP contribution in [0.5, 0.6) is 0 Å². The number of nitrogens with zero attached hydrogens (tertiary/aromatic N) is 3. The van der Waals surface area contributed by atoms with Crippen molar-refractivity contribution in [3.05, 3.63) is 77.1 Å². The van der Waals surface area contributed by atoms with Crippen molar-refractivity contribution in [3.63, 3.8) is 0 Å². The van der Waals surface area contributed by atoms with Gasteiger partial charge in [0.25, 0.3) is 0 Å². The van der Waals surface area contributed by atoms with E-state index in [9.17, 15) is 30.3 Å². The summed E-state index contributed by atoms with van der Waals surface area (Å²) in [6.45, 7) is 3.09. The van der Waals surface area contributed by atoms with Gasteiger partial charge in [-0.2, -0.15) is 0 Å². The van der Waals surface area contributed by atoms with Gasteiger partial charge >= 0.3 is 0 Å². The SMILES string of the molecule is CC1=C(O)C(Cc2ccc(N(CCO)CCO)cc2)=CC(=Nc2ccc(N(CCO)CCO)cc2)C1=O. The molecule has 0 amide bonds. The van der Waals surface area contributed by atoms with Crippen LogP contribution >= 0.6 is 0 Å². The van der Waals surface area contributed by atoms with E-state index in [-0.39, 0.29) is 49.3 Å². The average molecular weight is 510 g/mol. The molecule has 1 aliphatic rings. The third-order valence-electron chi connectivity index (χ3n) is 6.18. The van der Waals surface area contributed by atoms with Crippen LogP contribution in [-0.4, -0.2) is 89.6 Å². The Bertz CT molecular complexity index is 1130. The quantitative estimate of drug-likeness (QED) is 0.258. The number of carbonyl (C=O) groups excluding carboxylic acids is 1. The number of benzene rings is 2. The topological polar surface area (TPSA) is 137 Å². The number of hydrogen-bond acceptors (Lipinski definition) is 9. The summed E-state index contributed by atoms with van der Waals surface area (Å²) in [6, 6.07) is 14.8. The summed E-state index contributed by atoms with van der Waals surface area (Å²) < 4.78 is 0. The first kappa shape index (κ1) is 28.1. The molecule has 9 heteroatoms. The van der Waals surface area contributed by atoms with Crippen LogP contribution < -0.4 is 9.80 Å². The van der Waals surface area contributed by atoms with E-state index in [1.165, 1.54) is 0 Å². The Morgan fingerprint density at radius 3 is 1.65 bits per heavy atom. The fraction of sp³-hybridized carbons (Fsp3) is 0.357. The number of hydrogen-bond donors (Lipinski definition) is 5. The van der Waals surface area contributed by atoms with E-state index in [0.29, 0.717) is 43.9 Å². The molecule has 0 unspecified atom stereocenters. The van der Waals surface area contributed by atoms with Crippen molar-refractivity contribution in [1.29, 1.82) is 0 Å². The van der Waals surface area contributed by atoms with Gasteiger partial charge in [0, 0.05) is 55.1 Å². The van der Waals surface area contributed by atoms with E-state index in [0.717, 1.165) is 16.9 Å². The van der Waals surface area contributed by atoms with E-state index >= 15 is 0 Å². The highest BCUT2D eigenvalue weighted by atomic mass is 16.3. The van der Waals surface area contributed by atoms with Gasteiger partial charge in [-0.25, -0.2) is 4.99 Å². The third kappa shape index (κ3) is 7.27. The molecule has 2 aromatic carbocycles. The fourth-order valence-corrected chi connectivity index (χ4v) is 4.20. The minimum atomic E-state index is -0.341. The van der Waals surface area contributed by atoms with Gasteiger partial charge in [0.15, 0.2) is 0 Å². The number of aliphatic hydroxyl groups excluding tert-OH is 5. The molecule has 1 aliphatic carbocycles. The van der Waals surface area contributed by atoms with E-state index in [4.69, 9.17) is 0 Å². The fourth-order valence-electron chi connectivity index (χ4n) is 4.20. The van der Waals surface area contributed by atoms with Gasteiger partial charge in [-0.3, -0.25) is 4.79 Å². The number of allylic oxidation sites excluding steroid dienone is 3. The maximum atomic E-state index is 12.8. The molecule has 0 spiro atoms. The molecule has 37 heavy (non-hydrogen) atoms. The molecule has 0 aromatic heterocycles. The number of rotatable bonds is 13. The average Bonchev–Trinajstić information content (AvgIpc) is 2.91. The summed E-state index contributed by atoms with van der Waals surface area (Å²) in [7, 11) is 0. The van der Waals surface area contributed by atoms with E-state index in [2.05, 4.69) is 4.99 Å². The first-order chi connectivity index (χ1) is 17.9. The van der Waals surface area contributed by atoms with Crippen LogP contribution in [0.1, 0.15) is 12.5 Å². The molecular weight excluding hydrogens is 474 g/mol. The van der Waals surface area contributed by atoms with Crippen LogP contribution in [0.2, 0.25) is 0 Å². The van der Waals surface area contributed by atoms with Crippen LogP contribution in [0, 0.1) is 0 Å². The van der Waals surface area contributed by atoms with E-state index in [1.807, 2.05) is 46.2 Å². The minimum Gasteiger partial charge on any atom is -0.507 e. The van der Waals surface area contributed by atoms with Gasteiger partial charge in [0.1, 0.15) is 11.5 Å². The predicted molar refractivity (Wildman–Crippen MR) is 145 cm³/mol. The number of carbonyl (C=O) groups is 1. The Morgan fingerprint density at radius 2 is 1.19 bits per heavy atom. The minimum absolute atomic E-state index is 0.0188. The van der Waals surface area contributed by atoms with Crippen molar-refractivity contribution in [2.45, 2.75) is 13.3 Å². The van der Waals surface area contributed by atoms with Gasteiger partial charge in [-0.05, 0) is 55.0 Å². The van der Waals surface area contributed by atoms with Crippen LogP contribution in [0.25, 0.3) is 0 Å². The molecule has 0 fully saturated rings. The normalized spacial score (nSPS) is 14.8. The second-order valence-electron chi connectivity index (χ2n) is 8.70. The number of anilines is 2. The van der Waals surface area contributed by atoms with Crippen molar-refractivity contribution in [3.8, 4) is 0 Å². The third-order valence-corrected chi connectivity index (χ3v) is 6.18. The highest BCUT2D eigenvalue weighted by Crippen LogP contribution is 2.27. The lowest BCUT2D eigenvalue weighted by Crippen LogP contribution is -2.29. The van der Waals surface area contributed by atoms with Crippen molar-refractivity contribution >= 4 is 28.6 Å². The predicted octanol–water partition coefficient (Wildman–Crippen LogP) is 1.92. The lowest BCUT2D eigenvalue weighted by atomic mass is 9.91. The maximum absolute atomic E-state index is 12.8. The first-order valence-electron chi connectivity index (χ1n) is 12.3. The van der Waals surface area contributed by atoms with Gasteiger partial charge in [0.2, 0.25) is 5.78 Å². The highest BCUT2D eigenvalue weighted by Gasteiger charge is 2.24. The van der Waals surface area contributed by atoms with Crippen molar-refractivity contribution in [2.24, 2.45) is 4.99 Å². The van der Waals surface area contributed by atoms with Crippen LogP contribution in [-0.2, 0) is 11.2 Å². The zero-order valence-corrected chi connectivity index (χ0v) is 21.0. The lowest BCUT2D eigenvalue weighted by molar-refractivity contribution is -0.109. The molecule has 0 atom stereocenters. The molecule has 0 radical (unpaired) electrons. The second kappa shape index (κ2) is 13.7. The number of aliphatic imine (C=N–C) groups is 1. The monoisotopic (exact) mass is 509 g/mol. The van der Waals surface area contributed by atoms with E-state index in [1.54, 1.807) is 25.1 Å². The smallest absolute Gasteiger partial charge is 0.210 e. The van der Waals surface area contributed by atoms with Gasteiger partial charge in [0.05, 0.1) is 32.1 Å². The van der Waals surface area contributed by atoms with Crippen molar-refractivity contribution in [2.75, 3.05) is 62.4 Å². The molecule has 0 aliphatic heterocycles. The first-order valence-corrected chi connectivity index (χ1v) is 12.3. The Kier molecular flexibility index (Phi) is 10.4. The van der Waals surface area contributed by atoms with Gasteiger partial charge < -0.3 is 35.3 Å². The summed E-state index contributed by atoms with van der Waals surface area (Å²) in [5.74, 6) is -0.388. The molecule has 0 saturated heterocycles. The Balaban J connectivity index is 1.82. The van der Waals surface area contributed by atoms with Crippen LogP contribution in [0.4, 0.5) is 17.1 Å². The zero-order valence-electron chi connectivity index (χ0n) is 21.0. The second-order valence-corrected chi connectivity index (χ2v) is 8.70. The molecular formula is C28H35N3O6. The molecule has 0 saturated carbocycles. The number of Topliss-reactive ketones (excluding diaryl/α,β-unsaturated/α-hetero) is 1. The van der Waals surface area contributed by atoms with Gasteiger partial charge in [-0.1, -0.05) is 12.1 Å². The van der Waals surface area contributed by atoms with Crippen molar-refractivity contribution in [1.82, 2.24) is 0 Å². The summed E-state index contributed by atoms with van der Waals surface area (Å²) in [5.41, 5.74) is 4.24. The van der Waals surface area contributed by atoms with Gasteiger partial charge in [-0.15, -0.1) is 0 Å². The molecule has 3 rings (SSSR count). The molecule has 0 heterocycles. The zero-order chi connectivity index (χ0) is 26.8. The summed E-state index contributed by atoms with van der Waals surface area (Å²) in [4.78, 5) is 21.1. The maximum Gasteiger partial charge on any atom is 0.210 e. The molecule has 2 aromatic rings. The number of aliphatic hydroxyl groups is 5. The highest BCUT2D eigenvalue weighted by molar-refractivity contribution is 6.51. The summed E-state index contributed by atoms with van der Waals surface area (Å²) >= 11 is 0. The van der Waals surface area contributed by atoms with Crippen LogP contribution in [0.3, 0.4) is 0 Å². The Hall–Kier alpha value is -3.50. The lowest BCUT2D eigenvalue weighted by Gasteiger charge is -2.23. The molecule has 0 bridgehead atoms. The Labute approximate surface area is 216 Å².